The first-order valence-corrected chi connectivity index (χ1v) is 9.10. The summed E-state index contributed by atoms with van der Waals surface area (Å²) in [6, 6.07) is 5.96. The number of fused-ring (bicyclic) bond motifs is 1. The van der Waals surface area contributed by atoms with E-state index in [-0.39, 0.29) is 11.8 Å². The van der Waals surface area contributed by atoms with Crippen molar-refractivity contribution in [1.29, 1.82) is 0 Å². The molecule has 0 amide bonds. The van der Waals surface area contributed by atoms with Gasteiger partial charge in [0.1, 0.15) is 11.4 Å². The molecule has 2 aromatic rings. The number of phenols is 1. The molecule has 1 aromatic carbocycles. The molecule has 3 N–H and O–H groups in total. The molecule has 0 spiro atoms. The molecule has 0 atom stereocenters. The molecule has 5 nitrogen and oxygen atoms in total. The number of rotatable bonds is 3. The van der Waals surface area contributed by atoms with Crippen LogP contribution in [0.25, 0.3) is 11.3 Å². The molecular weight excluding hydrogens is 314 g/mol. The molecule has 0 unspecified atom stereocenters. The van der Waals surface area contributed by atoms with Crippen LogP contribution in [-0.4, -0.2) is 32.1 Å². The van der Waals surface area contributed by atoms with Gasteiger partial charge in [0.05, 0.1) is 5.60 Å². The van der Waals surface area contributed by atoms with Crippen molar-refractivity contribution in [3.8, 4) is 17.0 Å². The van der Waals surface area contributed by atoms with Gasteiger partial charge in [-0.1, -0.05) is 6.07 Å². The Morgan fingerprint density at radius 2 is 1.84 bits per heavy atom. The Bertz CT molecular complexity index is 809. The first-order valence-electron chi connectivity index (χ1n) is 9.10. The molecule has 0 bridgehead atoms. The summed E-state index contributed by atoms with van der Waals surface area (Å²) in [4.78, 5) is 0. The van der Waals surface area contributed by atoms with Gasteiger partial charge in [-0.05, 0) is 75.6 Å². The fourth-order valence-corrected chi connectivity index (χ4v) is 4.12. The lowest BCUT2D eigenvalue weighted by atomic mass is 9.77. The average molecular weight is 339 g/mol. The van der Waals surface area contributed by atoms with Crippen LogP contribution in [-0.2, 0) is 12.8 Å². The van der Waals surface area contributed by atoms with Gasteiger partial charge in [0, 0.05) is 17.2 Å². The summed E-state index contributed by atoms with van der Waals surface area (Å²) < 4.78 is 0. The smallest absolute Gasteiger partial charge is 0.152 e. The number of aromatic nitrogens is 2. The predicted octanol–water partition coefficient (Wildman–Crippen LogP) is 3.36. The molecule has 4 rings (SSSR count). The van der Waals surface area contributed by atoms with E-state index in [0.29, 0.717) is 0 Å². The molecule has 0 saturated heterocycles. The number of hydrogen-bond donors (Lipinski definition) is 3. The van der Waals surface area contributed by atoms with Gasteiger partial charge in [0.2, 0.25) is 0 Å². The second-order valence-corrected chi connectivity index (χ2v) is 7.83. The zero-order chi connectivity index (χ0) is 17.6. The fraction of sp³-hybridized carbons (Fsp3) is 0.500. The van der Waals surface area contributed by atoms with Crippen LogP contribution in [0.5, 0.6) is 5.75 Å². The van der Waals surface area contributed by atoms with Crippen molar-refractivity contribution in [2.24, 2.45) is 0 Å². The molecule has 1 saturated carbocycles. The Morgan fingerprint density at radius 3 is 2.52 bits per heavy atom. The summed E-state index contributed by atoms with van der Waals surface area (Å²) in [7, 11) is 0. The van der Waals surface area contributed by atoms with Gasteiger partial charge in [0.15, 0.2) is 5.82 Å². The Hall–Kier alpha value is -2.14. The molecule has 132 valence electrons. The van der Waals surface area contributed by atoms with E-state index in [2.05, 4.69) is 15.5 Å². The van der Waals surface area contributed by atoms with Crippen molar-refractivity contribution in [3.63, 3.8) is 0 Å². The summed E-state index contributed by atoms with van der Waals surface area (Å²) >= 11 is 0. The average Bonchev–Trinajstić information content (AvgIpc) is 2.54. The van der Waals surface area contributed by atoms with Crippen molar-refractivity contribution in [3.05, 3.63) is 34.9 Å². The zero-order valence-corrected chi connectivity index (χ0v) is 14.8. The van der Waals surface area contributed by atoms with Crippen molar-refractivity contribution in [2.75, 3.05) is 5.32 Å². The summed E-state index contributed by atoms with van der Waals surface area (Å²) in [6.45, 7) is 3.83. The topological polar surface area (TPSA) is 78.3 Å². The highest BCUT2D eigenvalue weighted by molar-refractivity contribution is 5.73. The summed E-state index contributed by atoms with van der Waals surface area (Å²) in [6.07, 6.45) is 5.71. The Labute approximate surface area is 148 Å². The maximum atomic E-state index is 10.4. The van der Waals surface area contributed by atoms with Crippen LogP contribution in [0.2, 0.25) is 0 Å². The monoisotopic (exact) mass is 339 g/mol. The van der Waals surface area contributed by atoms with E-state index in [9.17, 15) is 10.2 Å². The van der Waals surface area contributed by atoms with Crippen LogP contribution in [0.4, 0.5) is 5.82 Å². The van der Waals surface area contributed by atoms with Gasteiger partial charge < -0.3 is 15.5 Å². The van der Waals surface area contributed by atoms with E-state index < -0.39 is 5.60 Å². The number of aryl methyl sites for hydroxylation is 1. The second kappa shape index (κ2) is 5.99. The van der Waals surface area contributed by atoms with Crippen molar-refractivity contribution >= 4 is 5.82 Å². The lowest BCUT2D eigenvalue weighted by molar-refractivity contribution is -0.0235. The minimum absolute atomic E-state index is 0.258. The Balaban J connectivity index is 1.70. The van der Waals surface area contributed by atoms with E-state index in [1.807, 2.05) is 26.0 Å². The maximum Gasteiger partial charge on any atom is 0.152 e. The van der Waals surface area contributed by atoms with Gasteiger partial charge in [-0.25, -0.2) is 0 Å². The summed E-state index contributed by atoms with van der Waals surface area (Å²) in [5.41, 5.74) is 4.46. The van der Waals surface area contributed by atoms with Crippen LogP contribution >= 0.6 is 0 Å². The molecular formula is C20H25N3O2. The van der Waals surface area contributed by atoms with E-state index in [4.69, 9.17) is 0 Å². The van der Waals surface area contributed by atoms with Crippen molar-refractivity contribution < 1.29 is 10.2 Å². The normalized spacial score (nSPS) is 25.2. The summed E-state index contributed by atoms with van der Waals surface area (Å²) in [5, 5.41) is 32.7. The van der Waals surface area contributed by atoms with E-state index in [1.165, 1.54) is 11.1 Å². The largest absolute Gasteiger partial charge is 0.507 e. The minimum atomic E-state index is -0.557. The van der Waals surface area contributed by atoms with Crippen molar-refractivity contribution in [2.45, 2.75) is 64.0 Å². The van der Waals surface area contributed by atoms with Gasteiger partial charge in [0.25, 0.3) is 0 Å². The molecule has 2 aliphatic carbocycles. The molecule has 25 heavy (non-hydrogen) atoms. The molecule has 2 aliphatic rings. The van der Waals surface area contributed by atoms with Gasteiger partial charge in [-0.3, -0.25) is 0 Å². The Morgan fingerprint density at radius 1 is 1.12 bits per heavy atom. The standard InChI is InChI=1S/C20H25N3O2/c1-12-7-8-16(17(24)9-12)18-14-5-3-4-6-15(14)19(23-22-18)21-13-10-20(2,25)11-13/h7-9,13,24-25H,3-6,10-11H2,1-2H3,(H,21,23). The van der Waals surface area contributed by atoms with Crippen LogP contribution in [0, 0.1) is 6.92 Å². The molecule has 1 fully saturated rings. The lowest BCUT2D eigenvalue weighted by Crippen LogP contribution is -2.48. The first-order chi connectivity index (χ1) is 11.9. The first kappa shape index (κ1) is 16.3. The maximum absolute atomic E-state index is 10.4. The lowest BCUT2D eigenvalue weighted by Gasteiger charge is -2.41. The molecule has 0 radical (unpaired) electrons. The number of nitrogens with zero attached hydrogens (tertiary/aromatic N) is 2. The third-order valence-corrected chi connectivity index (χ3v) is 5.41. The number of phenolic OH excluding ortho intramolecular Hbond substituents is 1. The Kier molecular flexibility index (Phi) is 3.91. The number of aliphatic hydroxyl groups is 1. The highest BCUT2D eigenvalue weighted by Crippen LogP contribution is 2.39. The highest BCUT2D eigenvalue weighted by atomic mass is 16.3. The number of hydrogen-bond acceptors (Lipinski definition) is 5. The molecule has 0 aliphatic heterocycles. The van der Waals surface area contributed by atoms with Crippen LogP contribution in [0.3, 0.4) is 0 Å². The number of aromatic hydroxyl groups is 1. The van der Waals surface area contributed by atoms with E-state index >= 15 is 0 Å². The quantitative estimate of drug-likeness (QED) is 0.799. The molecule has 1 heterocycles. The van der Waals surface area contributed by atoms with E-state index in [0.717, 1.165) is 61.2 Å². The number of benzene rings is 1. The minimum Gasteiger partial charge on any atom is -0.507 e. The summed E-state index contributed by atoms with van der Waals surface area (Å²) in [5.74, 6) is 1.11. The molecule has 1 aromatic heterocycles. The number of nitrogens with one attached hydrogen (secondary N) is 1. The van der Waals surface area contributed by atoms with Gasteiger partial charge in [-0.2, -0.15) is 0 Å². The van der Waals surface area contributed by atoms with Crippen LogP contribution in [0.15, 0.2) is 18.2 Å². The fourth-order valence-electron chi connectivity index (χ4n) is 4.12. The van der Waals surface area contributed by atoms with Gasteiger partial charge in [-0.15, -0.1) is 10.2 Å². The third-order valence-electron chi connectivity index (χ3n) is 5.41. The van der Waals surface area contributed by atoms with E-state index in [1.54, 1.807) is 6.07 Å². The predicted molar refractivity (Wildman–Crippen MR) is 97.8 cm³/mol. The highest BCUT2D eigenvalue weighted by Gasteiger charge is 2.39. The van der Waals surface area contributed by atoms with Crippen LogP contribution in [0.1, 0.15) is 49.3 Å². The zero-order valence-electron chi connectivity index (χ0n) is 14.8. The van der Waals surface area contributed by atoms with Crippen LogP contribution < -0.4 is 5.32 Å². The van der Waals surface area contributed by atoms with Gasteiger partial charge >= 0.3 is 0 Å². The second-order valence-electron chi connectivity index (χ2n) is 7.83. The molecule has 5 heteroatoms. The third kappa shape index (κ3) is 3.09. The SMILES string of the molecule is Cc1ccc(-c2nnc(NC3CC(C)(O)C3)c3c2CCCC3)c(O)c1. The number of anilines is 1. The van der Waals surface area contributed by atoms with Crippen molar-refractivity contribution in [1.82, 2.24) is 10.2 Å².